The summed E-state index contributed by atoms with van der Waals surface area (Å²) in [5.74, 6) is -0.107. The van der Waals surface area contributed by atoms with Crippen molar-refractivity contribution in [2.45, 2.75) is 19.5 Å². The lowest BCUT2D eigenvalue weighted by Crippen LogP contribution is -2.48. The SMILES string of the molecule is O=C(c1ccn(COc2cccc(C(F)(F)F)c2)n1)N1CCN(Cc2ccc(Cl)cc2)CC1. The molecule has 1 saturated heterocycles. The predicted molar refractivity (Wildman–Crippen MR) is 117 cm³/mol. The molecule has 3 aromatic rings. The van der Waals surface area contributed by atoms with Gasteiger partial charge in [0, 0.05) is 43.9 Å². The van der Waals surface area contributed by atoms with E-state index in [1.165, 1.54) is 22.4 Å². The van der Waals surface area contributed by atoms with Gasteiger partial charge >= 0.3 is 6.18 Å². The van der Waals surface area contributed by atoms with E-state index in [2.05, 4.69) is 10.00 Å². The third-order valence-corrected chi connectivity index (χ3v) is 5.62. The number of carbonyl (C=O) groups excluding carboxylic acids is 1. The highest BCUT2D eigenvalue weighted by atomic mass is 35.5. The molecule has 1 aromatic heterocycles. The van der Waals surface area contributed by atoms with Gasteiger partial charge in [0.25, 0.3) is 5.91 Å². The zero-order valence-corrected chi connectivity index (χ0v) is 18.4. The van der Waals surface area contributed by atoms with E-state index in [4.69, 9.17) is 16.3 Å². The molecule has 2 aromatic carbocycles. The first kappa shape index (κ1) is 23.1. The smallest absolute Gasteiger partial charge is 0.416 e. The minimum Gasteiger partial charge on any atom is -0.471 e. The van der Waals surface area contributed by atoms with Crippen molar-refractivity contribution in [3.8, 4) is 5.75 Å². The van der Waals surface area contributed by atoms with Gasteiger partial charge in [-0.25, -0.2) is 4.68 Å². The standard InChI is InChI=1S/C23H22ClF3N4O2/c24-19-6-4-17(5-7-19)15-29-10-12-30(13-11-29)22(32)21-8-9-31(28-21)16-33-20-3-1-2-18(14-20)23(25,26)27/h1-9,14H,10-13,15-16H2. The minimum absolute atomic E-state index is 0.0741. The summed E-state index contributed by atoms with van der Waals surface area (Å²) >= 11 is 5.93. The summed E-state index contributed by atoms with van der Waals surface area (Å²) in [5, 5.41) is 4.92. The van der Waals surface area contributed by atoms with E-state index in [1.807, 2.05) is 24.3 Å². The quantitative estimate of drug-likeness (QED) is 0.521. The molecule has 0 unspecified atom stereocenters. The Bertz CT molecular complexity index is 1090. The number of aromatic nitrogens is 2. The van der Waals surface area contributed by atoms with E-state index in [0.29, 0.717) is 18.1 Å². The molecule has 0 radical (unpaired) electrons. The van der Waals surface area contributed by atoms with Gasteiger partial charge in [-0.2, -0.15) is 18.3 Å². The first-order valence-electron chi connectivity index (χ1n) is 10.4. The van der Waals surface area contributed by atoms with Crippen LogP contribution in [0.2, 0.25) is 5.02 Å². The van der Waals surface area contributed by atoms with Crippen LogP contribution in [-0.4, -0.2) is 51.7 Å². The van der Waals surface area contributed by atoms with Gasteiger partial charge in [0.1, 0.15) is 5.75 Å². The van der Waals surface area contributed by atoms with Crippen LogP contribution in [0.25, 0.3) is 0 Å². The lowest BCUT2D eigenvalue weighted by atomic mass is 10.2. The van der Waals surface area contributed by atoms with Crippen molar-refractivity contribution >= 4 is 17.5 Å². The number of piperazine rings is 1. The second kappa shape index (κ2) is 9.84. The van der Waals surface area contributed by atoms with E-state index in [1.54, 1.807) is 17.2 Å². The summed E-state index contributed by atoms with van der Waals surface area (Å²) in [6.07, 6.45) is -2.87. The molecule has 10 heteroatoms. The number of halogens is 4. The Balaban J connectivity index is 1.28. The molecule has 0 bridgehead atoms. The van der Waals surface area contributed by atoms with E-state index in [0.717, 1.165) is 31.8 Å². The number of hydrogen-bond acceptors (Lipinski definition) is 4. The van der Waals surface area contributed by atoms with E-state index < -0.39 is 11.7 Å². The van der Waals surface area contributed by atoms with Crippen LogP contribution in [0.15, 0.2) is 60.8 Å². The number of alkyl halides is 3. The second-order valence-corrected chi connectivity index (χ2v) is 8.17. The molecule has 0 spiro atoms. The Morgan fingerprint density at radius 3 is 2.45 bits per heavy atom. The Kier molecular flexibility index (Phi) is 6.90. The Morgan fingerprint density at radius 1 is 1.03 bits per heavy atom. The Hall–Kier alpha value is -3.04. The summed E-state index contributed by atoms with van der Waals surface area (Å²) in [6.45, 7) is 3.34. The lowest BCUT2D eigenvalue weighted by Gasteiger charge is -2.34. The monoisotopic (exact) mass is 478 g/mol. The molecular weight excluding hydrogens is 457 g/mol. The summed E-state index contributed by atoms with van der Waals surface area (Å²) in [7, 11) is 0. The number of benzene rings is 2. The Labute approximate surface area is 194 Å². The third kappa shape index (κ3) is 6.06. The first-order valence-corrected chi connectivity index (χ1v) is 10.8. The summed E-state index contributed by atoms with van der Waals surface area (Å²) < 4.78 is 45.3. The van der Waals surface area contributed by atoms with Crippen LogP contribution in [0, 0.1) is 0 Å². The molecular formula is C23H22ClF3N4O2. The first-order chi connectivity index (χ1) is 15.8. The average molecular weight is 479 g/mol. The zero-order chi connectivity index (χ0) is 23.4. The zero-order valence-electron chi connectivity index (χ0n) is 17.6. The van der Waals surface area contributed by atoms with Crippen LogP contribution >= 0.6 is 11.6 Å². The van der Waals surface area contributed by atoms with Gasteiger partial charge in [-0.1, -0.05) is 29.8 Å². The van der Waals surface area contributed by atoms with Gasteiger partial charge in [-0.3, -0.25) is 9.69 Å². The fraction of sp³-hybridized carbons (Fsp3) is 0.304. The van der Waals surface area contributed by atoms with Crippen molar-refractivity contribution in [1.82, 2.24) is 19.6 Å². The summed E-state index contributed by atoms with van der Waals surface area (Å²) in [4.78, 5) is 16.8. The van der Waals surface area contributed by atoms with Crippen LogP contribution in [0.3, 0.4) is 0 Å². The highest BCUT2D eigenvalue weighted by Crippen LogP contribution is 2.31. The molecule has 0 aliphatic carbocycles. The molecule has 0 saturated carbocycles. The number of carbonyl (C=O) groups is 1. The molecule has 4 rings (SSSR count). The van der Waals surface area contributed by atoms with Gasteiger partial charge in [-0.15, -0.1) is 0 Å². The molecule has 1 fully saturated rings. The van der Waals surface area contributed by atoms with Gasteiger partial charge in [0.2, 0.25) is 0 Å². The maximum Gasteiger partial charge on any atom is 0.416 e. The van der Waals surface area contributed by atoms with Crippen LogP contribution < -0.4 is 4.74 Å². The fourth-order valence-electron chi connectivity index (χ4n) is 3.57. The fourth-order valence-corrected chi connectivity index (χ4v) is 3.70. The Morgan fingerprint density at radius 2 is 1.76 bits per heavy atom. The maximum atomic E-state index is 12.8. The lowest BCUT2D eigenvalue weighted by molar-refractivity contribution is -0.137. The molecule has 1 aliphatic rings. The summed E-state index contributed by atoms with van der Waals surface area (Å²) in [6, 6.07) is 13.9. The molecule has 6 nitrogen and oxygen atoms in total. The highest BCUT2D eigenvalue weighted by Gasteiger charge is 2.30. The topological polar surface area (TPSA) is 50.6 Å². The molecule has 0 atom stereocenters. The van der Waals surface area contributed by atoms with Gasteiger partial charge < -0.3 is 9.64 Å². The van der Waals surface area contributed by atoms with E-state index >= 15 is 0 Å². The van der Waals surface area contributed by atoms with Crippen molar-refractivity contribution in [3.63, 3.8) is 0 Å². The molecule has 33 heavy (non-hydrogen) atoms. The van der Waals surface area contributed by atoms with Crippen LogP contribution in [0.4, 0.5) is 13.2 Å². The molecule has 174 valence electrons. The number of nitrogens with zero attached hydrogens (tertiary/aromatic N) is 4. The van der Waals surface area contributed by atoms with Gasteiger partial charge in [0.05, 0.1) is 5.56 Å². The predicted octanol–water partition coefficient (Wildman–Crippen LogP) is 4.55. The molecule has 1 aliphatic heterocycles. The second-order valence-electron chi connectivity index (χ2n) is 7.73. The van der Waals surface area contributed by atoms with E-state index in [9.17, 15) is 18.0 Å². The van der Waals surface area contributed by atoms with Gasteiger partial charge in [-0.05, 0) is 42.0 Å². The highest BCUT2D eigenvalue weighted by molar-refractivity contribution is 6.30. The molecule has 2 heterocycles. The number of amides is 1. The number of rotatable bonds is 6. The van der Waals surface area contributed by atoms with Gasteiger partial charge in [0.15, 0.2) is 12.4 Å². The van der Waals surface area contributed by atoms with E-state index in [-0.39, 0.29) is 24.1 Å². The van der Waals surface area contributed by atoms with Crippen molar-refractivity contribution < 1.29 is 22.7 Å². The largest absolute Gasteiger partial charge is 0.471 e. The minimum atomic E-state index is -4.44. The van der Waals surface area contributed by atoms with Crippen molar-refractivity contribution in [1.29, 1.82) is 0 Å². The number of hydrogen-bond donors (Lipinski definition) is 0. The summed E-state index contributed by atoms with van der Waals surface area (Å²) in [5.41, 5.74) is 0.652. The maximum absolute atomic E-state index is 12.8. The molecule has 1 amide bonds. The molecule has 0 N–H and O–H groups in total. The van der Waals surface area contributed by atoms with Crippen molar-refractivity contribution in [2.24, 2.45) is 0 Å². The normalized spacial score (nSPS) is 15.0. The third-order valence-electron chi connectivity index (χ3n) is 5.36. The van der Waals surface area contributed by atoms with Crippen LogP contribution in [0.1, 0.15) is 21.6 Å². The van der Waals surface area contributed by atoms with Crippen LogP contribution in [-0.2, 0) is 19.5 Å². The van der Waals surface area contributed by atoms with Crippen LogP contribution in [0.5, 0.6) is 5.75 Å². The van der Waals surface area contributed by atoms with Crippen molar-refractivity contribution in [3.05, 3.63) is 82.6 Å². The number of ether oxygens (including phenoxy) is 1. The average Bonchev–Trinajstić information content (AvgIpc) is 3.28. The van der Waals surface area contributed by atoms with Crippen molar-refractivity contribution in [2.75, 3.05) is 26.2 Å².